The van der Waals surface area contributed by atoms with Crippen LogP contribution in [0.5, 0.6) is 0 Å². The maximum Gasteiger partial charge on any atom is 0.0986 e. The summed E-state index contributed by atoms with van der Waals surface area (Å²) in [5.74, 6) is 0. The summed E-state index contributed by atoms with van der Waals surface area (Å²) < 4.78 is 11.7. The first-order chi connectivity index (χ1) is 10.8. The fourth-order valence-electron chi connectivity index (χ4n) is 4.66. The summed E-state index contributed by atoms with van der Waals surface area (Å²) in [7, 11) is 0. The summed E-state index contributed by atoms with van der Waals surface area (Å²) in [4.78, 5) is 1.53. The Labute approximate surface area is 137 Å². The van der Waals surface area contributed by atoms with Gasteiger partial charge in [0, 0.05) is 36.6 Å². The van der Waals surface area contributed by atoms with E-state index in [9.17, 15) is 0 Å². The summed E-state index contributed by atoms with van der Waals surface area (Å²) in [6, 6.07) is 3.31. The van der Waals surface area contributed by atoms with Crippen molar-refractivity contribution in [1.82, 2.24) is 5.32 Å². The van der Waals surface area contributed by atoms with Gasteiger partial charge in [0.2, 0.25) is 0 Å². The largest absolute Gasteiger partial charge is 0.381 e. The molecule has 4 rings (SSSR count). The summed E-state index contributed by atoms with van der Waals surface area (Å²) in [6.45, 7) is 5.10. The van der Waals surface area contributed by atoms with Gasteiger partial charge >= 0.3 is 0 Å². The van der Waals surface area contributed by atoms with E-state index in [1.54, 1.807) is 0 Å². The van der Waals surface area contributed by atoms with Crippen molar-refractivity contribution in [2.24, 2.45) is 5.41 Å². The first-order valence-electron chi connectivity index (χ1n) is 8.77. The van der Waals surface area contributed by atoms with E-state index in [0.717, 1.165) is 26.2 Å². The molecule has 2 fully saturated rings. The van der Waals surface area contributed by atoms with Crippen LogP contribution in [0.15, 0.2) is 11.4 Å². The average Bonchev–Trinajstić information content (AvgIpc) is 3.15. The van der Waals surface area contributed by atoms with E-state index in [0.29, 0.717) is 17.5 Å². The Hall–Kier alpha value is -0.420. The number of fused-ring (bicyclic) bond motifs is 1. The van der Waals surface area contributed by atoms with Crippen LogP contribution in [0.3, 0.4) is 0 Å². The first kappa shape index (κ1) is 15.1. The fraction of sp³-hybridized carbons (Fsp3) is 0.778. The van der Waals surface area contributed by atoms with Crippen molar-refractivity contribution >= 4 is 11.3 Å². The van der Waals surface area contributed by atoms with Crippen LogP contribution in [0, 0.1) is 5.41 Å². The van der Waals surface area contributed by atoms with E-state index in [1.807, 2.05) is 11.3 Å². The average molecular weight is 321 g/mol. The quantitative estimate of drug-likeness (QED) is 0.921. The van der Waals surface area contributed by atoms with Crippen LogP contribution in [0.2, 0.25) is 0 Å². The predicted octanol–water partition coefficient (Wildman–Crippen LogP) is 3.69. The van der Waals surface area contributed by atoms with Crippen LogP contribution < -0.4 is 5.32 Å². The predicted molar refractivity (Wildman–Crippen MR) is 89.4 cm³/mol. The van der Waals surface area contributed by atoms with Crippen molar-refractivity contribution in [3.63, 3.8) is 0 Å². The van der Waals surface area contributed by atoms with Crippen LogP contribution in [-0.4, -0.2) is 31.9 Å². The number of thiophene rings is 1. The van der Waals surface area contributed by atoms with Gasteiger partial charge in [-0.1, -0.05) is 0 Å². The smallest absolute Gasteiger partial charge is 0.0986 e. The molecule has 1 spiro atoms. The monoisotopic (exact) mass is 321 g/mol. The second kappa shape index (κ2) is 6.23. The molecule has 1 aromatic heterocycles. The first-order valence-corrected chi connectivity index (χ1v) is 9.65. The number of rotatable bonds is 3. The highest BCUT2D eigenvalue weighted by atomic mass is 32.1. The molecule has 3 nitrogen and oxygen atoms in total. The summed E-state index contributed by atoms with van der Waals surface area (Å²) in [5, 5.41) is 6.10. The van der Waals surface area contributed by atoms with E-state index >= 15 is 0 Å². The Bertz CT molecular complexity index is 509. The van der Waals surface area contributed by atoms with Crippen LogP contribution in [-0.2, 0) is 15.9 Å². The maximum absolute atomic E-state index is 6.10. The van der Waals surface area contributed by atoms with Crippen molar-refractivity contribution in [1.29, 1.82) is 0 Å². The number of hydrogen-bond acceptors (Lipinski definition) is 4. The molecule has 122 valence electrons. The zero-order valence-corrected chi connectivity index (χ0v) is 14.3. The van der Waals surface area contributed by atoms with E-state index in [1.165, 1.54) is 42.5 Å². The van der Waals surface area contributed by atoms with Crippen LogP contribution in [0.25, 0.3) is 0 Å². The molecule has 3 unspecified atom stereocenters. The van der Waals surface area contributed by atoms with E-state index in [-0.39, 0.29) is 6.10 Å². The molecule has 4 heteroatoms. The van der Waals surface area contributed by atoms with Crippen LogP contribution in [0.4, 0.5) is 0 Å². The molecule has 1 N–H and O–H groups in total. The molecule has 1 aromatic rings. The highest BCUT2D eigenvalue weighted by Gasteiger charge is 2.41. The van der Waals surface area contributed by atoms with Gasteiger partial charge in [-0.05, 0) is 61.5 Å². The maximum atomic E-state index is 6.10. The van der Waals surface area contributed by atoms with Crippen molar-refractivity contribution < 1.29 is 9.47 Å². The van der Waals surface area contributed by atoms with Crippen molar-refractivity contribution in [3.8, 4) is 0 Å². The Morgan fingerprint density at radius 2 is 2.14 bits per heavy atom. The Morgan fingerprint density at radius 3 is 3.00 bits per heavy atom. The van der Waals surface area contributed by atoms with E-state index in [4.69, 9.17) is 9.47 Å². The SMILES string of the molecule is CC(NC1CCC2(CCOCC2)C1)C1OCCc2sccc21. The summed E-state index contributed by atoms with van der Waals surface area (Å²) >= 11 is 1.89. The third-order valence-electron chi connectivity index (χ3n) is 5.92. The zero-order valence-electron chi connectivity index (χ0n) is 13.5. The van der Waals surface area contributed by atoms with Crippen molar-refractivity contribution in [3.05, 3.63) is 21.9 Å². The highest BCUT2D eigenvalue weighted by Crippen LogP contribution is 2.46. The minimum absolute atomic E-state index is 0.237. The Balaban J connectivity index is 1.38. The standard InChI is InChI=1S/C18H27NO2S/c1-13(17-15-4-11-22-16(15)3-8-21-17)19-14-2-5-18(12-14)6-9-20-10-7-18/h4,11,13-14,17,19H,2-3,5-10,12H2,1H3. The molecule has 3 heterocycles. The number of hydrogen-bond donors (Lipinski definition) is 1. The van der Waals surface area contributed by atoms with Gasteiger partial charge in [-0.3, -0.25) is 0 Å². The Kier molecular flexibility index (Phi) is 4.29. The van der Waals surface area contributed by atoms with Gasteiger partial charge in [-0.25, -0.2) is 0 Å². The molecule has 3 atom stereocenters. The number of ether oxygens (including phenoxy) is 2. The molecule has 0 radical (unpaired) electrons. The molecule has 2 aliphatic heterocycles. The second-order valence-corrected chi connectivity index (χ2v) is 8.35. The molecule has 0 bridgehead atoms. The molecular weight excluding hydrogens is 294 g/mol. The van der Waals surface area contributed by atoms with Gasteiger partial charge < -0.3 is 14.8 Å². The molecule has 0 aromatic carbocycles. The highest BCUT2D eigenvalue weighted by molar-refractivity contribution is 7.10. The van der Waals surface area contributed by atoms with Crippen molar-refractivity contribution in [2.45, 2.75) is 63.6 Å². The van der Waals surface area contributed by atoms with Crippen LogP contribution in [0.1, 0.15) is 55.6 Å². The molecule has 22 heavy (non-hydrogen) atoms. The Morgan fingerprint density at radius 1 is 1.27 bits per heavy atom. The zero-order chi connectivity index (χ0) is 15.0. The minimum atomic E-state index is 0.237. The lowest BCUT2D eigenvalue weighted by atomic mass is 9.78. The lowest BCUT2D eigenvalue weighted by Gasteiger charge is -2.34. The van der Waals surface area contributed by atoms with E-state index < -0.39 is 0 Å². The topological polar surface area (TPSA) is 30.5 Å². The van der Waals surface area contributed by atoms with Crippen LogP contribution >= 0.6 is 11.3 Å². The van der Waals surface area contributed by atoms with E-state index in [2.05, 4.69) is 23.7 Å². The van der Waals surface area contributed by atoms with Gasteiger partial charge in [-0.2, -0.15) is 0 Å². The molecule has 1 saturated heterocycles. The lowest BCUT2D eigenvalue weighted by Crippen LogP contribution is -2.41. The van der Waals surface area contributed by atoms with Gasteiger partial charge in [0.25, 0.3) is 0 Å². The summed E-state index contributed by atoms with van der Waals surface area (Å²) in [5.41, 5.74) is 1.99. The fourth-order valence-corrected chi connectivity index (χ4v) is 5.56. The van der Waals surface area contributed by atoms with Gasteiger partial charge in [0.05, 0.1) is 12.7 Å². The molecule has 0 amide bonds. The van der Waals surface area contributed by atoms with Gasteiger partial charge in [-0.15, -0.1) is 11.3 Å². The lowest BCUT2D eigenvalue weighted by molar-refractivity contribution is 0.0104. The van der Waals surface area contributed by atoms with Gasteiger partial charge in [0.1, 0.15) is 0 Å². The molecule has 3 aliphatic rings. The minimum Gasteiger partial charge on any atom is -0.381 e. The third kappa shape index (κ3) is 2.86. The molecular formula is C18H27NO2S. The van der Waals surface area contributed by atoms with Crippen molar-refractivity contribution in [2.75, 3.05) is 19.8 Å². The summed E-state index contributed by atoms with van der Waals surface area (Å²) in [6.07, 6.45) is 7.85. The molecule has 1 aliphatic carbocycles. The second-order valence-electron chi connectivity index (χ2n) is 7.35. The molecule has 1 saturated carbocycles. The third-order valence-corrected chi connectivity index (χ3v) is 6.92. The number of nitrogens with one attached hydrogen (secondary N) is 1. The van der Waals surface area contributed by atoms with Gasteiger partial charge in [0.15, 0.2) is 0 Å². The normalized spacial score (nSPS) is 32.0.